The van der Waals surface area contributed by atoms with E-state index in [1.54, 1.807) is 0 Å². The Bertz CT molecular complexity index is 600. The van der Waals surface area contributed by atoms with Gasteiger partial charge < -0.3 is 5.73 Å². The summed E-state index contributed by atoms with van der Waals surface area (Å²) in [6.45, 7) is 3.93. The summed E-state index contributed by atoms with van der Waals surface area (Å²) < 4.78 is 1.82. The fourth-order valence-corrected chi connectivity index (χ4v) is 3.25. The molecule has 17 heavy (non-hydrogen) atoms. The number of hydrogen-bond acceptors (Lipinski definition) is 5. The number of aldehydes is 1. The number of aryl methyl sites for hydroxylation is 2. The minimum Gasteiger partial charge on any atom is -0.369 e. The SMILES string of the molecule is Cc1sc2nc(SCC(N)=O)c(C=O)n2c1C. The van der Waals surface area contributed by atoms with E-state index in [1.807, 2.05) is 18.2 Å². The maximum atomic E-state index is 11.1. The Balaban J connectivity index is 2.50. The average molecular weight is 269 g/mol. The smallest absolute Gasteiger partial charge is 0.227 e. The molecule has 0 aliphatic carbocycles. The van der Waals surface area contributed by atoms with Gasteiger partial charge in [-0.05, 0) is 13.8 Å². The molecule has 0 atom stereocenters. The summed E-state index contributed by atoms with van der Waals surface area (Å²) >= 11 is 2.72. The van der Waals surface area contributed by atoms with Crippen LogP contribution in [0.2, 0.25) is 0 Å². The highest BCUT2D eigenvalue weighted by Crippen LogP contribution is 2.29. The molecule has 2 heterocycles. The van der Waals surface area contributed by atoms with Crippen molar-refractivity contribution in [3.05, 3.63) is 16.3 Å². The summed E-state index contributed by atoms with van der Waals surface area (Å²) in [6.07, 6.45) is 0.766. The van der Waals surface area contributed by atoms with Gasteiger partial charge in [0, 0.05) is 10.6 Å². The monoisotopic (exact) mass is 269 g/mol. The van der Waals surface area contributed by atoms with Crippen LogP contribution in [-0.4, -0.2) is 27.3 Å². The molecule has 5 nitrogen and oxygen atoms in total. The lowest BCUT2D eigenvalue weighted by atomic mass is 10.4. The lowest BCUT2D eigenvalue weighted by molar-refractivity contribution is -0.115. The van der Waals surface area contributed by atoms with Crippen molar-refractivity contribution < 1.29 is 9.59 Å². The predicted molar refractivity (Wildman–Crippen MR) is 67.8 cm³/mol. The standard InChI is InChI=1S/C10H11N3O2S2/c1-5-6(2)17-10-12-9(16-4-8(11)15)7(3-14)13(5)10/h3H,4H2,1-2H3,(H2,11,15). The minimum atomic E-state index is -0.420. The minimum absolute atomic E-state index is 0.129. The van der Waals surface area contributed by atoms with Crippen molar-refractivity contribution in [1.82, 2.24) is 9.38 Å². The van der Waals surface area contributed by atoms with Crippen LogP contribution in [0.1, 0.15) is 21.1 Å². The Morgan fingerprint density at radius 1 is 1.59 bits per heavy atom. The van der Waals surface area contributed by atoms with Gasteiger partial charge in [0.15, 0.2) is 11.2 Å². The molecular formula is C10H11N3O2S2. The van der Waals surface area contributed by atoms with Gasteiger partial charge in [-0.25, -0.2) is 4.98 Å². The van der Waals surface area contributed by atoms with Crippen LogP contribution in [0.3, 0.4) is 0 Å². The summed E-state index contributed by atoms with van der Waals surface area (Å²) in [5.41, 5.74) is 6.57. The number of aromatic nitrogens is 2. The summed E-state index contributed by atoms with van der Waals surface area (Å²) in [7, 11) is 0. The maximum Gasteiger partial charge on any atom is 0.227 e. The zero-order valence-electron chi connectivity index (χ0n) is 9.39. The number of carbonyl (C=O) groups excluding carboxylic acids is 2. The number of nitrogens with zero attached hydrogens (tertiary/aromatic N) is 2. The number of fused-ring (bicyclic) bond motifs is 1. The van der Waals surface area contributed by atoms with Crippen LogP contribution in [0.15, 0.2) is 5.03 Å². The Morgan fingerprint density at radius 2 is 2.29 bits per heavy atom. The first-order valence-corrected chi connectivity index (χ1v) is 6.69. The van der Waals surface area contributed by atoms with E-state index in [0.29, 0.717) is 10.7 Å². The molecule has 0 radical (unpaired) electrons. The van der Waals surface area contributed by atoms with Crippen LogP contribution in [-0.2, 0) is 4.79 Å². The second kappa shape index (κ2) is 4.50. The zero-order valence-corrected chi connectivity index (χ0v) is 11.0. The summed E-state index contributed by atoms with van der Waals surface area (Å²) in [5, 5.41) is 0.563. The van der Waals surface area contributed by atoms with Crippen molar-refractivity contribution in [1.29, 1.82) is 0 Å². The molecule has 0 aliphatic rings. The molecule has 2 aromatic rings. The molecule has 0 aromatic carbocycles. The van der Waals surface area contributed by atoms with Crippen molar-refractivity contribution in [2.75, 3.05) is 5.75 Å². The van der Waals surface area contributed by atoms with Crippen LogP contribution in [0.4, 0.5) is 0 Å². The van der Waals surface area contributed by atoms with Crippen molar-refractivity contribution in [2.45, 2.75) is 18.9 Å². The quantitative estimate of drug-likeness (QED) is 0.672. The van der Waals surface area contributed by atoms with E-state index in [-0.39, 0.29) is 5.75 Å². The average Bonchev–Trinajstić information content (AvgIpc) is 2.74. The highest BCUT2D eigenvalue weighted by atomic mass is 32.2. The fourth-order valence-electron chi connectivity index (χ4n) is 1.50. The largest absolute Gasteiger partial charge is 0.369 e. The van der Waals surface area contributed by atoms with Gasteiger partial charge in [-0.2, -0.15) is 0 Å². The van der Waals surface area contributed by atoms with Crippen LogP contribution >= 0.6 is 23.1 Å². The van der Waals surface area contributed by atoms with Gasteiger partial charge in [-0.1, -0.05) is 11.8 Å². The van der Waals surface area contributed by atoms with Crippen LogP contribution in [0.5, 0.6) is 0 Å². The van der Waals surface area contributed by atoms with Gasteiger partial charge in [0.1, 0.15) is 10.7 Å². The zero-order chi connectivity index (χ0) is 12.6. The molecule has 2 aromatic heterocycles. The lowest BCUT2D eigenvalue weighted by Gasteiger charge is -1.97. The Hall–Kier alpha value is -1.34. The van der Waals surface area contributed by atoms with Gasteiger partial charge in [0.25, 0.3) is 0 Å². The Kier molecular flexibility index (Phi) is 3.21. The van der Waals surface area contributed by atoms with Crippen LogP contribution in [0.25, 0.3) is 4.96 Å². The molecule has 0 fully saturated rings. The van der Waals surface area contributed by atoms with Crippen LogP contribution < -0.4 is 5.73 Å². The summed E-state index contributed by atoms with van der Waals surface area (Å²) in [4.78, 5) is 28.1. The number of thioether (sulfide) groups is 1. The second-order valence-corrected chi connectivity index (χ2v) is 5.68. The lowest BCUT2D eigenvalue weighted by Crippen LogP contribution is -2.13. The van der Waals surface area contributed by atoms with E-state index in [4.69, 9.17) is 5.73 Å². The number of hydrogen-bond donors (Lipinski definition) is 1. The topological polar surface area (TPSA) is 77.5 Å². The first-order chi connectivity index (χ1) is 8.04. The molecule has 2 N–H and O–H groups in total. The van der Waals surface area contributed by atoms with Crippen LogP contribution in [0, 0.1) is 13.8 Å². The molecule has 0 saturated heterocycles. The normalized spacial score (nSPS) is 10.9. The molecule has 0 unspecified atom stereocenters. The van der Waals surface area contributed by atoms with E-state index in [9.17, 15) is 9.59 Å². The molecule has 90 valence electrons. The van der Waals surface area contributed by atoms with Gasteiger partial charge in [-0.15, -0.1) is 11.3 Å². The van der Waals surface area contributed by atoms with Gasteiger partial charge >= 0.3 is 0 Å². The highest BCUT2D eigenvalue weighted by molar-refractivity contribution is 8.00. The van der Waals surface area contributed by atoms with Gasteiger partial charge in [0.05, 0.1) is 5.75 Å². The highest BCUT2D eigenvalue weighted by Gasteiger charge is 2.17. The van der Waals surface area contributed by atoms with Crippen molar-refractivity contribution in [3.8, 4) is 0 Å². The van der Waals surface area contributed by atoms with E-state index in [2.05, 4.69) is 4.98 Å². The molecule has 0 aliphatic heterocycles. The molecule has 0 saturated carbocycles. The number of rotatable bonds is 4. The molecule has 7 heteroatoms. The number of nitrogens with two attached hydrogens (primary N) is 1. The number of imidazole rings is 1. The first-order valence-electron chi connectivity index (χ1n) is 4.89. The Morgan fingerprint density at radius 3 is 2.88 bits per heavy atom. The van der Waals surface area contributed by atoms with E-state index < -0.39 is 5.91 Å². The number of primary amides is 1. The number of amides is 1. The third-order valence-electron chi connectivity index (χ3n) is 2.40. The summed E-state index contributed by atoms with van der Waals surface area (Å²) in [6, 6.07) is 0. The molecule has 1 amide bonds. The van der Waals surface area contributed by atoms with Crippen molar-refractivity contribution in [3.63, 3.8) is 0 Å². The van der Waals surface area contributed by atoms with E-state index in [1.165, 1.54) is 23.1 Å². The van der Waals surface area contributed by atoms with Gasteiger partial charge in [-0.3, -0.25) is 14.0 Å². The predicted octanol–water partition coefficient (Wildman–Crippen LogP) is 1.40. The fraction of sp³-hybridized carbons (Fsp3) is 0.300. The molecule has 0 spiro atoms. The third kappa shape index (κ3) is 2.07. The Labute approximate surface area is 106 Å². The maximum absolute atomic E-state index is 11.1. The number of carbonyl (C=O) groups is 2. The second-order valence-electron chi connectivity index (χ2n) is 3.54. The molecule has 2 rings (SSSR count). The first kappa shape index (κ1) is 12.1. The van der Waals surface area contributed by atoms with Crippen molar-refractivity contribution in [2.24, 2.45) is 5.73 Å². The molecular weight excluding hydrogens is 258 g/mol. The van der Waals surface area contributed by atoms with E-state index in [0.717, 1.165) is 21.8 Å². The molecule has 0 bridgehead atoms. The van der Waals surface area contributed by atoms with E-state index >= 15 is 0 Å². The summed E-state index contributed by atoms with van der Waals surface area (Å²) in [5.74, 6) is -0.292. The van der Waals surface area contributed by atoms with Gasteiger partial charge in [0.2, 0.25) is 5.91 Å². The third-order valence-corrected chi connectivity index (χ3v) is 4.46. The number of thiazole rings is 1. The van der Waals surface area contributed by atoms with Crippen molar-refractivity contribution >= 4 is 40.3 Å².